The zero-order valence-electron chi connectivity index (χ0n) is 17.1. The normalized spacial score (nSPS) is 11.6. The van der Waals surface area contributed by atoms with Crippen molar-refractivity contribution >= 4 is 56.8 Å². The number of nitriles is 1. The van der Waals surface area contributed by atoms with Gasteiger partial charge in [-0.15, -0.1) is 0 Å². The van der Waals surface area contributed by atoms with E-state index in [9.17, 15) is 23.2 Å². The molecule has 0 saturated heterocycles. The molecule has 0 fully saturated rings. The molecule has 34 heavy (non-hydrogen) atoms. The van der Waals surface area contributed by atoms with Gasteiger partial charge in [-0.1, -0.05) is 57.3 Å². The highest BCUT2D eigenvalue weighted by Gasteiger charge is 2.30. The molecule has 1 amide bonds. The first kappa shape index (κ1) is 25.6. The molecule has 0 heterocycles. The van der Waals surface area contributed by atoms with E-state index < -0.39 is 17.6 Å². The fraction of sp³-hybridized carbons (Fsp3) is 0.0833. The standard InChI is InChI=1S/C24H14BrCl2F3N2O2/c25-18-6-4-14(5-7-18)13-34-22-20(26)9-15(10-21(22)27)8-16(12-31)23(33)32-19-3-1-2-17(11-19)24(28,29)30/h1-11H,13H2,(H,32,33)/b16-8+. The summed E-state index contributed by atoms with van der Waals surface area (Å²) in [7, 11) is 0. The summed E-state index contributed by atoms with van der Waals surface area (Å²) in [4.78, 5) is 12.5. The molecule has 0 aromatic heterocycles. The molecule has 3 aromatic carbocycles. The van der Waals surface area contributed by atoms with E-state index in [1.807, 2.05) is 24.3 Å². The van der Waals surface area contributed by atoms with Gasteiger partial charge in [-0.05, 0) is 59.7 Å². The van der Waals surface area contributed by atoms with E-state index in [4.69, 9.17) is 27.9 Å². The molecule has 0 bridgehead atoms. The van der Waals surface area contributed by atoms with Crippen molar-refractivity contribution in [2.24, 2.45) is 0 Å². The van der Waals surface area contributed by atoms with Crippen molar-refractivity contribution in [3.8, 4) is 11.8 Å². The fourth-order valence-electron chi connectivity index (χ4n) is 2.82. The quantitative estimate of drug-likeness (QED) is 0.242. The maximum atomic E-state index is 12.9. The van der Waals surface area contributed by atoms with Gasteiger partial charge in [-0.2, -0.15) is 18.4 Å². The molecule has 0 aliphatic rings. The minimum absolute atomic E-state index is 0.103. The second-order valence-electron chi connectivity index (χ2n) is 6.93. The average Bonchev–Trinajstić information content (AvgIpc) is 2.77. The van der Waals surface area contributed by atoms with Crippen LogP contribution in [0.5, 0.6) is 5.75 Å². The van der Waals surface area contributed by atoms with Crippen LogP contribution in [-0.4, -0.2) is 5.91 Å². The molecule has 1 N–H and O–H groups in total. The summed E-state index contributed by atoms with van der Waals surface area (Å²) in [5.74, 6) is -0.653. The number of nitrogens with zero attached hydrogens (tertiary/aromatic N) is 1. The van der Waals surface area contributed by atoms with Crippen molar-refractivity contribution in [1.82, 2.24) is 0 Å². The van der Waals surface area contributed by atoms with Crippen LogP contribution in [0.25, 0.3) is 6.08 Å². The van der Waals surface area contributed by atoms with Gasteiger partial charge >= 0.3 is 6.18 Å². The Hall–Kier alpha value is -2.99. The molecule has 4 nitrogen and oxygen atoms in total. The molecule has 0 spiro atoms. The Morgan fingerprint density at radius 2 is 1.74 bits per heavy atom. The van der Waals surface area contributed by atoms with Crippen molar-refractivity contribution in [3.05, 3.63) is 97.4 Å². The lowest BCUT2D eigenvalue weighted by Gasteiger charge is -2.12. The number of carbonyl (C=O) groups excluding carboxylic acids is 1. The molecule has 0 aliphatic carbocycles. The Balaban J connectivity index is 1.77. The lowest BCUT2D eigenvalue weighted by atomic mass is 10.1. The minimum Gasteiger partial charge on any atom is -0.486 e. The van der Waals surface area contributed by atoms with Gasteiger partial charge in [-0.3, -0.25) is 4.79 Å². The van der Waals surface area contributed by atoms with Gasteiger partial charge in [0.05, 0.1) is 15.6 Å². The summed E-state index contributed by atoms with van der Waals surface area (Å²) >= 11 is 15.9. The van der Waals surface area contributed by atoms with Crippen LogP contribution in [0, 0.1) is 11.3 Å². The largest absolute Gasteiger partial charge is 0.486 e. The van der Waals surface area contributed by atoms with Crippen LogP contribution in [0.2, 0.25) is 10.0 Å². The van der Waals surface area contributed by atoms with Crippen LogP contribution in [0.15, 0.2) is 70.7 Å². The van der Waals surface area contributed by atoms with E-state index >= 15 is 0 Å². The van der Waals surface area contributed by atoms with Crippen molar-refractivity contribution in [3.63, 3.8) is 0 Å². The monoisotopic (exact) mass is 568 g/mol. The molecule has 0 aliphatic heterocycles. The number of halogens is 6. The van der Waals surface area contributed by atoms with Crippen LogP contribution in [0.4, 0.5) is 18.9 Å². The zero-order chi connectivity index (χ0) is 24.9. The Morgan fingerprint density at radius 3 is 2.32 bits per heavy atom. The van der Waals surface area contributed by atoms with Gasteiger partial charge in [0.2, 0.25) is 0 Å². The van der Waals surface area contributed by atoms with E-state index in [0.29, 0.717) is 5.56 Å². The van der Waals surface area contributed by atoms with Gasteiger partial charge in [0.25, 0.3) is 5.91 Å². The van der Waals surface area contributed by atoms with Gasteiger partial charge in [-0.25, -0.2) is 0 Å². The highest BCUT2D eigenvalue weighted by atomic mass is 79.9. The van der Waals surface area contributed by atoms with E-state index in [1.54, 1.807) is 6.07 Å². The van der Waals surface area contributed by atoms with Crippen LogP contribution >= 0.6 is 39.1 Å². The summed E-state index contributed by atoms with van der Waals surface area (Å²) in [5, 5.41) is 12.0. The number of amides is 1. The van der Waals surface area contributed by atoms with Crippen molar-refractivity contribution in [1.29, 1.82) is 5.26 Å². The first-order chi connectivity index (χ1) is 16.1. The number of rotatable bonds is 6. The molecule has 0 unspecified atom stereocenters. The maximum Gasteiger partial charge on any atom is 0.416 e. The number of hydrogen-bond acceptors (Lipinski definition) is 3. The number of carbonyl (C=O) groups is 1. The predicted octanol–water partition coefficient (Wildman–Crippen LogP) is 7.90. The summed E-state index contributed by atoms with van der Waals surface area (Å²) < 4.78 is 45.3. The first-order valence-corrected chi connectivity index (χ1v) is 11.1. The fourth-order valence-corrected chi connectivity index (χ4v) is 3.70. The van der Waals surface area contributed by atoms with Gasteiger partial charge in [0.1, 0.15) is 18.2 Å². The second kappa shape index (κ2) is 11.0. The van der Waals surface area contributed by atoms with Gasteiger partial charge < -0.3 is 10.1 Å². The number of nitrogens with one attached hydrogen (secondary N) is 1. The number of anilines is 1. The maximum absolute atomic E-state index is 12.9. The Labute approximate surface area is 211 Å². The number of alkyl halides is 3. The third-order valence-electron chi connectivity index (χ3n) is 4.44. The summed E-state index contributed by atoms with van der Waals surface area (Å²) in [6.07, 6.45) is -3.34. The number of ether oxygens (including phenoxy) is 1. The Morgan fingerprint density at radius 1 is 1.09 bits per heavy atom. The van der Waals surface area contributed by atoms with E-state index in [0.717, 1.165) is 28.2 Å². The first-order valence-electron chi connectivity index (χ1n) is 9.53. The Bertz CT molecular complexity index is 1260. The van der Waals surface area contributed by atoms with Crippen LogP contribution in [0.3, 0.4) is 0 Å². The van der Waals surface area contributed by atoms with Gasteiger partial charge in [0.15, 0.2) is 5.75 Å². The summed E-state index contributed by atoms with van der Waals surface area (Å²) in [5.41, 5.74) is -0.161. The molecule has 3 aromatic rings. The van der Waals surface area contributed by atoms with Crippen LogP contribution < -0.4 is 10.1 Å². The zero-order valence-corrected chi connectivity index (χ0v) is 20.2. The second-order valence-corrected chi connectivity index (χ2v) is 8.66. The van der Waals surface area contributed by atoms with Crippen molar-refractivity contribution in [2.45, 2.75) is 12.8 Å². The van der Waals surface area contributed by atoms with Crippen molar-refractivity contribution < 1.29 is 22.7 Å². The molecule has 3 rings (SSSR count). The highest BCUT2D eigenvalue weighted by molar-refractivity contribution is 9.10. The molecule has 0 radical (unpaired) electrons. The average molecular weight is 570 g/mol. The minimum atomic E-state index is -4.57. The topological polar surface area (TPSA) is 62.1 Å². The molecule has 0 atom stereocenters. The van der Waals surface area contributed by atoms with Gasteiger partial charge in [0, 0.05) is 10.2 Å². The SMILES string of the molecule is N#C/C(=C\c1cc(Cl)c(OCc2ccc(Br)cc2)c(Cl)c1)C(=O)Nc1cccc(C(F)(F)F)c1. The highest BCUT2D eigenvalue weighted by Crippen LogP contribution is 2.36. The van der Waals surface area contributed by atoms with Crippen molar-refractivity contribution in [2.75, 3.05) is 5.32 Å². The predicted molar refractivity (Wildman–Crippen MR) is 129 cm³/mol. The summed E-state index contributed by atoms with van der Waals surface area (Å²) in [6.45, 7) is 0.213. The van der Waals surface area contributed by atoms with Crippen LogP contribution in [0.1, 0.15) is 16.7 Å². The number of hydrogen-bond donors (Lipinski definition) is 1. The molecule has 174 valence electrons. The van der Waals surface area contributed by atoms with E-state index in [1.165, 1.54) is 24.3 Å². The lowest BCUT2D eigenvalue weighted by molar-refractivity contribution is -0.137. The van der Waals surface area contributed by atoms with Crippen LogP contribution in [-0.2, 0) is 17.6 Å². The molecule has 0 saturated carbocycles. The molecule has 10 heteroatoms. The third-order valence-corrected chi connectivity index (χ3v) is 5.53. The Kier molecular flexibility index (Phi) is 8.26. The summed E-state index contributed by atoms with van der Waals surface area (Å²) in [6, 6.07) is 16.2. The number of benzene rings is 3. The molecular formula is C24H14BrCl2F3N2O2. The van der Waals surface area contributed by atoms with E-state index in [2.05, 4.69) is 21.2 Å². The van der Waals surface area contributed by atoms with E-state index in [-0.39, 0.29) is 33.7 Å². The lowest BCUT2D eigenvalue weighted by Crippen LogP contribution is -2.14. The third kappa shape index (κ3) is 6.76. The smallest absolute Gasteiger partial charge is 0.416 e. The molecular weight excluding hydrogens is 556 g/mol.